The number of benzene rings is 2. The Balaban J connectivity index is 1.26. The third kappa shape index (κ3) is 6.23. The molecular formula is C30H32N6O4. The third-order valence-corrected chi connectivity index (χ3v) is 6.88. The van der Waals surface area contributed by atoms with Crippen LogP contribution in [0.5, 0.6) is 17.4 Å². The topological polar surface area (TPSA) is 127 Å². The first-order valence-corrected chi connectivity index (χ1v) is 13.1. The summed E-state index contributed by atoms with van der Waals surface area (Å²) in [6.07, 6.45) is 3.78. The summed E-state index contributed by atoms with van der Waals surface area (Å²) in [5.74, 6) is 1.17. The number of rotatable bonds is 9. The number of aliphatic carboxylic acids is 1. The van der Waals surface area contributed by atoms with Crippen molar-refractivity contribution in [3.05, 3.63) is 90.8 Å². The van der Waals surface area contributed by atoms with Crippen molar-refractivity contribution in [2.45, 2.75) is 31.9 Å². The van der Waals surface area contributed by atoms with Gasteiger partial charge in [0.2, 0.25) is 17.4 Å². The normalized spacial score (nSPS) is 16.7. The lowest BCUT2D eigenvalue weighted by molar-refractivity contribution is -0.153. The number of anilines is 3. The summed E-state index contributed by atoms with van der Waals surface area (Å²) in [5.41, 5.74) is 6.55. The molecule has 2 unspecified atom stereocenters. The second-order valence-electron chi connectivity index (χ2n) is 9.99. The van der Waals surface area contributed by atoms with E-state index in [-0.39, 0.29) is 18.4 Å². The lowest BCUT2D eigenvalue weighted by Crippen LogP contribution is -2.52. The highest BCUT2D eigenvalue weighted by Crippen LogP contribution is 2.29. The fourth-order valence-corrected chi connectivity index (χ4v) is 4.81. The molecule has 0 bridgehead atoms. The van der Waals surface area contributed by atoms with Crippen molar-refractivity contribution in [3.8, 4) is 17.4 Å². The standard InChI is InChI=1S/C30H32N6O4/c1-21-20-35(23-12-14-32-15-13-23)16-17-36(21)26-18-27(34-29(31)33-26)39-24-10-8-22(9-11-24)19-30(2,28(37)38)40-25-6-4-3-5-7-25/h3-15,18,21H,16-17,19-20H2,1-2H3,(H,37,38)(H2,31,33,34). The zero-order chi connectivity index (χ0) is 28.1. The van der Waals surface area contributed by atoms with Gasteiger partial charge < -0.3 is 30.1 Å². The number of nitrogen functional groups attached to an aromatic ring is 1. The van der Waals surface area contributed by atoms with Crippen LogP contribution in [0.1, 0.15) is 19.4 Å². The summed E-state index contributed by atoms with van der Waals surface area (Å²) >= 11 is 0. The monoisotopic (exact) mass is 540 g/mol. The molecule has 0 saturated carbocycles. The summed E-state index contributed by atoms with van der Waals surface area (Å²) in [6, 6.07) is 22.1. The van der Waals surface area contributed by atoms with E-state index in [1.165, 1.54) is 0 Å². The molecular weight excluding hydrogens is 508 g/mol. The van der Waals surface area contributed by atoms with Gasteiger partial charge in [0.1, 0.15) is 17.3 Å². The second-order valence-corrected chi connectivity index (χ2v) is 9.99. The Morgan fingerprint density at radius 1 is 1.02 bits per heavy atom. The van der Waals surface area contributed by atoms with Crippen LogP contribution in [0.2, 0.25) is 0 Å². The smallest absolute Gasteiger partial charge is 0.348 e. The number of carbonyl (C=O) groups is 1. The Kier molecular flexibility index (Phi) is 7.68. The van der Waals surface area contributed by atoms with E-state index >= 15 is 0 Å². The molecule has 0 aliphatic carbocycles. The summed E-state index contributed by atoms with van der Waals surface area (Å²) in [5, 5.41) is 9.87. The van der Waals surface area contributed by atoms with Gasteiger partial charge in [-0.3, -0.25) is 4.98 Å². The van der Waals surface area contributed by atoms with E-state index in [9.17, 15) is 9.90 Å². The molecule has 2 atom stereocenters. The highest BCUT2D eigenvalue weighted by Gasteiger charge is 2.36. The fraction of sp³-hybridized carbons (Fsp3) is 0.267. The first-order chi connectivity index (χ1) is 19.3. The Labute approximate surface area is 233 Å². The van der Waals surface area contributed by atoms with E-state index in [4.69, 9.17) is 15.2 Å². The minimum Gasteiger partial charge on any atom is -0.478 e. The number of piperazine rings is 1. The minimum absolute atomic E-state index is 0.128. The zero-order valence-electron chi connectivity index (χ0n) is 22.5. The van der Waals surface area contributed by atoms with E-state index in [2.05, 4.69) is 31.7 Å². The molecule has 10 nitrogen and oxygen atoms in total. The van der Waals surface area contributed by atoms with Crippen LogP contribution in [-0.4, -0.2) is 57.3 Å². The third-order valence-electron chi connectivity index (χ3n) is 6.88. The lowest BCUT2D eigenvalue weighted by Gasteiger charge is -2.41. The summed E-state index contributed by atoms with van der Waals surface area (Å²) in [7, 11) is 0. The molecule has 2 aromatic heterocycles. The molecule has 2 aromatic carbocycles. The Hall–Kier alpha value is -4.86. The minimum atomic E-state index is -1.43. The van der Waals surface area contributed by atoms with Crippen molar-refractivity contribution in [3.63, 3.8) is 0 Å². The average Bonchev–Trinajstić information content (AvgIpc) is 2.94. The van der Waals surface area contributed by atoms with Crippen molar-refractivity contribution in [2.75, 3.05) is 35.2 Å². The van der Waals surface area contributed by atoms with E-state index in [0.29, 0.717) is 23.2 Å². The Morgan fingerprint density at radius 3 is 2.42 bits per heavy atom. The number of carboxylic acids is 1. The van der Waals surface area contributed by atoms with Gasteiger partial charge in [-0.1, -0.05) is 30.3 Å². The molecule has 3 heterocycles. The maximum atomic E-state index is 12.1. The number of pyridine rings is 1. The highest BCUT2D eigenvalue weighted by molar-refractivity contribution is 5.78. The van der Waals surface area contributed by atoms with Crippen LogP contribution >= 0.6 is 0 Å². The van der Waals surface area contributed by atoms with Gasteiger partial charge in [-0.25, -0.2) is 4.79 Å². The first-order valence-electron chi connectivity index (χ1n) is 13.1. The van der Waals surface area contributed by atoms with E-state index in [1.807, 2.05) is 30.3 Å². The van der Waals surface area contributed by atoms with E-state index in [0.717, 1.165) is 30.9 Å². The number of hydrogen-bond acceptors (Lipinski definition) is 9. The van der Waals surface area contributed by atoms with Gasteiger partial charge in [0.05, 0.1) is 0 Å². The van der Waals surface area contributed by atoms with Gasteiger partial charge in [0.25, 0.3) is 0 Å². The summed E-state index contributed by atoms with van der Waals surface area (Å²) in [4.78, 5) is 29.4. The average molecular weight is 541 g/mol. The quantitative estimate of drug-likeness (QED) is 0.315. The molecule has 10 heteroatoms. The molecule has 0 amide bonds. The molecule has 40 heavy (non-hydrogen) atoms. The van der Waals surface area contributed by atoms with Gasteiger partial charge in [0, 0.05) is 56.2 Å². The molecule has 0 radical (unpaired) electrons. The molecule has 1 saturated heterocycles. The zero-order valence-corrected chi connectivity index (χ0v) is 22.5. The number of ether oxygens (including phenoxy) is 2. The van der Waals surface area contributed by atoms with Crippen molar-refractivity contribution in [1.82, 2.24) is 15.0 Å². The Bertz CT molecular complexity index is 1440. The summed E-state index contributed by atoms with van der Waals surface area (Å²) in [6.45, 7) is 6.14. The number of para-hydroxylation sites is 1. The maximum absolute atomic E-state index is 12.1. The van der Waals surface area contributed by atoms with Gasteiger partial charge in [0.15, 0.2) is 0 Å². The van der Waals surface area contributed by atoms with E-state index < -0.39 is 11.6 Å². The van der Waals surface area contributed by atoms with Crippen LogP contribution < -0.4 is 25.0 Å². The highest BCUT2D eigenvalue weighted by atomic mass is 16.5. The molecule has 4 aromatic rings. The molecule has 1 aliphatic rings. The molecule has 5 rings (SSSR count). The SMILES string of the molecule is CC1CN(c2ccncc2)CCN1c1cc(Oc2ccc(CC(C)(Oc3ccccc3)C(=O)O)cc2)nc(N)n1. The largest absolute Gasteiger partial charge is 0.478 e. The van der Waals surface area contributed by atoms with Crippen LogP contribution in [0.3, 0.4) is 0 Å². The van der Waals surface area contributed by atoms with Gasteiger partial charge >= 0.3 is 5.97 Å². The molecule has 0 spiro atoms. The molecule has 1 aliphatic heterocycles. The van der Waals surface area contributed by atoms with E-state index in [1.54, 1.807) is 61.8 Å². The lowest BCUT2D eigenvalue weighted by atomic mass is 9.96. The molecule has 3 N–H and O–H groups in total. The Morgan fingerprint density at radius 2 is 1.75 bits per heavy atom. The fourth-order valence-electron chi connectivity index (χ4n) is 4.81. The van der Waals surface area contributed by atoms with Gasteiger partial charge in [-0.2, -0.15) is 9.97 Å². The second kappa shape index (κ2) is 11.5. The maximum Gasteiger partial charge on any atom is 0.348 e. The first kappa shape index (κ1) is 26.7. The molecule has 206 valence electrons. The number of aromatic nitrogens is 3. The van der Waals surface area contributed by atoms with Crippen molar-refractivity contribution in [1.29, 1.82) is 0 Å². The number of nitrogens with two attached hydrogens (primary N) is 1. The molecule has 1 fully saturated rings. The number of carboxylic acid groups (broad SMARTS) is 1. The van der Waals surface area contributed by atoms with Crippen molar-refractivity contribution in [2.24, 2.45) is 0 Å². The van der Waals surface area contributed by atoms with Crippen LogP contribution in [0.4, 0.5) is 17.5 Å². The predicted octanol–water partition coefficient (Wildman–Crippen LogP) is 4.43. The van der Waals surface area contributed by atoms with Crippen LogP contribution in [0.25, 0.3) is 0 Å². The number of nitrogens with zero attached hydrogens (tertiary/aromatic N) is 5. The van der Waals surface area contributed by atoms with Gasteiger partial charge in [-0.05, 0) is 55.8 Å². The van der Waals surface area contributed by atoms with Crippen LogP contribution in [0.15, 0.2) is 85.2 Å². The van der Waals surface area contributed by atoms with Gasteiger partial charge in [-0.15, -0.1) is 0 Å². The summed E-state index contributed by atoms with van der Waals surface area (Å²) < 4.78 is 11.9. The van der Waals surface area contributed by atoms with Crippen molar-refractivity contribution >= 4 is 23.4 Å². The number of hydrogen-bond donors (Lipinski definition) is 2. The van der Waals surface area contributed by atoms with Crippen LogP contribution in [-0.2, 0) is 11.2 Å². The van der Waals surface area contributed by atoms with Crippen molar-refractivity contribution < 1.29 is 19.4 Å². The van der Waals surface area contributed by atoms with Crippen LogP contribution in [0, 0.1) is 0 Å². The predicted molar refractivity (Wildman–Crippen MR) is 153 cm³/mol.